The first-order chi connectivity index (χ1) is 20.3. The summed E-state index contributed by atoms with van der Waals surface area (Å²) < 4.78 is 11.0. The van der Waals surface area contributed by atoms with Crippen molar-refractivity contribution >= 4 is 5.91 Å². The van der Waals surface area contributed by atoms with Crippen molar-refractivity contribution in [3.8, 4) is 0 Å². The SMILES string of the molecule is CC/C=C\C/C=C\C/C=C\C/C=C\CCC(=O)NC(COC1OC(CO)C(O)C(O)C1O)C(O)/C=C/CCCCCC. The Morgan fingerprint density at radius 2 is 1.48 bits per heavy atom. The molecule has 1 amide bonds. The van der Waals surface area contributed by atoms with Crippen LogP contribution in [0.4, 0.5) is 0 Å². The lowest BCUT2D eigenvalue weighted by atomic mass is 9.99. The van der Waals surface area contributed by atoms with E-state index in [9.17, 15) is 30.3 Å². The molecule has 0 saturated carbocycles. The Bertz CT molecular complexity index is 838. The maximum absolute atomic E-state index is 12.7. The normalized spacial score (nSPS) is 25.0. The Morgan fingerprint density at radius 1 is 0.833 bits per heavy atom. The number of carbonyl (C=O) groups is 1. The third kappa shape index (κ3) is 16.5. The van der Waals surface area contributed by atoms with E-state index >= 15 is 0 Å². The predicted molar refractivity (Wildman–Crippen MR) is 165 cm³/mol. The van der Waals surface area contributed by atoms with Crippen molar-refractivity contribution in [1.29, 1.82) is 0 Å². The standard InChI is InChI=1S/C33H55NO8/c1-3-5-7-9-11-12-13-14-15-16-17-19-21-23-29(37)34-26(27(36)22-20-18-10-8-6-4-2)25-41-33-32(40)31(39)30(38)28(24-35)42-33/h5,7,11-12,14-15,17,19-20,22,26-28,30-33,35-36,38-40H,3-4,6,8-10,13,16,18,21,23-25H2,1-2H3,(H,34,37)/b7-5-,12-11-,15-14-,19-17-,22-20+. The van der Waals surface area contributed by atoms with Gasteiger partial charge < -0.3 is 40.3 Å². The molecule has 0 radical (unpaired) electrons. The fourth-order valence-electron chi connectivity index (χ4n) is 4.28. The maximum Gasteiger partial charge on any atom is 0.220 e. The fourth-order valence-corrected chi connectivity index (χ4v) is 4.28. The van der Waals surface area contributed by atoms with Gasteiger partial charge in [-0.3, -0.25) is 4.79 Å². The van der Waals surface area contributed by atoms with Crippen LogP contribution in [0.1, 0.15) is 84.5 Å². The molecule has 0 aromatic carbocycles. The second-order valence-corrected chi connectivity index (χ2v) is 10.5. The zero-order chi connectivity index (χ0) is 31.0. The summed E-state index contributed by atoms with van der Waals surface area (Å²) in [5.74, 6) is -0.268. The Balaban J connectivity index is 2.59. The van der Waals surface area contributed by atoms with Crippen LogP contribution in [0.3, 0.4) is 0 Å². The third-order valence-corrected chi connectivity index (χ3v) is 6.86. The van der Waals surface area contributed by atoms with Gasteiger partial charge in [-0.05, 0) is 44.9 Å². The molecule has 7 atom stereocenters. The van der Waals surface area contributed by atoms with Crippen LogP contribution in [0.5, 0.6) is 0 Å². The van der Waals surface area contributed by atoms with E-state index in [1.165, 1.54) is 0 Å². The fraction of sp³-hybridized carbons (Fsp3) is 0.667. The van der Waals surface area contributed by atoms with Gasteiger partial charge in [0, 0.05) is 6.42 Å². The first kappa shape index (κ1) is 37.9. The second-order valence-electron chi connectivity index (χ2n) is 10.5. The molecule has 9 heteroatoms. The minimum atomic E-state index is -1.58. The summed E-state index contributed by atoms with van der Waals surface area (Å²) in [5.41, 5.74) is 0. The van der Waals surface area contributed by atoms with Crippen LogP contribution in [0, 0.1) is 0 Å². The van der Waals surface area contributed by atoms with E-state index in [2.05, 4.69) is 55.6 Å². The van der Waals surface area contributed by atoms with Crippen molar-refractivity contribution in [1.82, 2.24) is 5.32 Å². The highest BCUT2D eigenvalue weighted by atomic mass is 16.7. The Labute approximate surface area is 252 Å². The summed E-state index contributed by atoms with van der Waals surface area (Å²) in [6, 6.07) is -0.839. The molecule has 1 aliphatic heterocycles. The van der Waals surface area contributed by atoms with Crippen molar-refractivity contribution < 1.29 is 39.8 Å². The summed E-state index contributed by atoms with van der Waals surface area (Å²) in [4.78, 5) is 12.7. The molecule has 1 saturated heterocycles. The number of ether oxygens (including phenoxy) is 2. The number of rotatable bonds is 22. The molecule has 42 heavy (non-hydrogen) atoms. The van der Waals surface area contributed by atoms with Crippen LogP contribution in [0.2, 0.25) is 0 Å². The van der Waals surface area contributed by atoms with E-state index in [1.54, 1.807) is 6.08 Å². The van der Waals surface area contributed by atoms with Gasteiger partial charge in [-0.1, -0.05) is 93.9 Å². The van der Waals surface area contributed by atoms with Gasteiger partial charge in [0.25, 0.3) is 0 Å². The highest BCUT2D eigenvalue weighted by molar-refractivity contribution is 5.76. The number of carbonyl (C=O) groups excluding carboxylic acids is 1. The minimum Gasteiger partial charge on any atom is -0.394 e. The average molecular weight is 594 g/mol. The molecular weight excluding hydrogens is 538 g/mol. The molecule has 240 valence electrons. The monoisotopic (exact) mass is 593 g/mol. The molecular formula is C33H55NO8. The highest BCUT2D eigenvalue weighted by Gasteiger charge is 2.44. The lowest BCUT2D eigenvalue weighted by Crippen LogP contribution is -2.60. The number of allylic oxidation sites excluding steroid dienone is 9. The van der Waals surface area contributed by atoms with Crippen LogP contribution < -0.4 is 5.32 Å². The summed E-state index contributed by atoms with van der Waals surface area (Å²) in [6.07, 6.45) is 21.7. The van der Waals surface area contributed by atoms with Gasteiger partial charge in [0.1, 0.15) is 24.4 Å². The third-order valence-electron chi connectivity index (χ3n) is 6.86. The quantitative estimate of drug-likeness (QED) is 0.0821. The Kier molecular flexibility index (Phi) is 22.0. The van der Waals surface area contributed by atoms with E-state index in [1.807, 2.05) is 18.2 Å². The van der Waals surface area contributed by atoms with Crippen molar-refractivity contribution in [3.63, 3.8) is 0 Å². The maximum atomic E-state index is 12.7. The van der Waals surface area contributed by atoms with Gasteiger partial charge in [0.15, 0.2) is 6.29 Å². The molecule has 1 aliphatic rings. The molecule has 1 fully saturated rings. The van der Waals surface area contributed by atoms with Gasteiger partial charge >= 0.3 is 0 Å². The summed E-state index contributed by atoms with van der Waals surface area (Å²) in [5, 5.41) is 53.3. The first-order valence-electron chi connectivity index (χ1n) is 15.5. The van der Waals surface area contributed by atoms with Crippen LogP contribution in [0.25, 0.3) is 0 Å². The molecule has 1 rings (SSSR count). The van der Waals surface area contributed by atoms with Crippen molar-refractivity contribution in [2.45, 2.75) is 127 Å². The molecule has 1 heterocycles. The van der Waals surface area contributed by atoms with Crippen molar-refractivity contribution in [3.05, 3.63) is 60.8 Å². The Hall–Kier alpha value is -2.11. The van der Waals surface area contributed by atoms with Crippen molar-refractivity contribution in [2.75, 3.05) is 13.2 Å². The summed E-state index contributed by atoms with van der Waals surface area (Å²) in [7, 11) is 0. The predicted octanol–water partition coefficient (Wildman–Crippen LogP) is 3.76. The molecule has 6 N–H and O–H groups in total. The van der Waals surface area contributed by atoms with Gasteiger partial charge in [-0.15, -0.1) is 0 Å². The van der Waals surface area contributed by atoms with Gasteiger partial charge in [0.05, 0.1) is 25.4 Å². The minimum absolute atomic E-state index is 0.220. The number of unbranched alkanes of at least 4 members (excludes halogenated alkanes) is 4. The highest BCUT2D eigenvalue weighted by Crippen LogP contribution is 2.22. The smallest absolute Gasteiger partial charge is 0.220 e. The van der Waals surface area contributed by atoms with E-state index in [4.69, 9.17) is 9.47 Å². The number of amides is 1. The van der Waals surface area contributed by atoms with Crippen LogP contribution in [-0.2, 0) is 14.3 Å². The largest absolute Gasteiger partial charge is 0.394 e. The molecule has 0 aliphatic carbocycles. The second kappa shape index (κ2) is 24.3. The summed E-state index contributed by atoms with van der Waals surface area (Å²) in [6.45, 7) is 3.46. The number of aliphatic hydroxyl groups is 5. The van der Waals surface area contributed by atoms with Crippen molar-refractivity contribution in [2.24, 2.45) is 0 Å². The zero-order valence-corrected chi connectivity index (χ0v) is 25.5. The average Bonchev–Trinajstić information content (AvgIpc) is 2.98. The number of hydrogen-bond donors (Lipinski definition) is 6. The zero-order valence-electron chi connectivity index (χ0n) is 25.5. The van der Waals surface area contributed by atoms with E-state index in [0.717, 1.165) is 57.8 Å². The number of aliphatic hydroxyl groups excluding tert-OH is 5. The Morgan fingerprint density at radius 3 is 2.10 bits per heavy atom. The first-order valence-corrected chi connectivity index (χ1v) is 15.5. The molecule has 7 unspecified atom stereocenters. The van der Waals surface area contributed by atoms with Crippen LogP contribution in [-0.4, -0.2) is 87.5 Å². The van der Waals surface area contributed by atoms with E-state index < -0.39 is 49.5 Å². The van der Waals surface area contributed by atoms with E-state index in [0.29, 0.717) is 6.42 Å². The van der Waals surface area contributed by atoms with Gasteiger partial charge in [0.2, 0.25) is 5.91 Å². The lowest BCUT2D eigenvalue weighted by molar-refractivity contribution is -0.302. The molecule has 0 aromatic heterocycles. The van der Waals surface area contributed by atoms with Gasteiger partial charge in [-0.2, -0.15) is 0 Å². The van der Waals surface area contributed by atoms with Crippen LogP contribution in [0.15, 0.2) is 60.8 Å². The summed E-state index contributed by atoms with van der Waals surface area (Å²) >= 11 is 0. The van der Waals surface area contributed by atoms with Gasteiger partial charge in [-0.25, -0.2) is 0 Å². The molecule has 0 spiro atoms. The lowest BCUT2D eigenvalue weighted by Gasteiger charge is -2.40. The number of hydrogen-bond acceptors (Lipinski definition) is 8. The van der Waals surface area contributed by atoms with E-state index in [-0.39, 0.29) is 18.9 Å². The molecule has 0 bridgehead atoms. The van der Waals surface area contributed by atoms with Crippen LogP contribution >= 0.6 is 0 Å². The topological polar surface area (TPSA) is 149 Å². The number of nitrogens with one attached hydrogen (secondary N) is 1. The molecule has 0 aromatic rings. The molecule has 9 nitrogen and oxygen atoms in total.